The van der Waals surface area contributed by atoms with Gasteiger partial charge in [0.15, 0.2) is 11.9 Å². The molecule has 326 valence electrons. The highest BCUT2D eigenvalue weighted by Gasteiger charge is 2.59. The number of hydrogen-bond donors (Lipinski definition) is 6. The summed E-state index contributed by atoms with van der Waals surface area (Å²) in [5, 5.41) is 53.8. The number of alkyl halides is 2. The maximum Gasteiger partial charge on any atom is 0.351 e. The van der Waals surface area contributed by atoms with Crippen molar-refractivity contribution in [2.24, 2.45) is 5.92 Å². The van der Waals surface area contributed by atoms with Crippen LogP contribution < -0.4 is 21.1 Å². The van der Waals surface area contributed by atoms with Crippen molar-refractivity contribution in [2.75, 3.05) is 31.6 Å². The lowest BCUT2D eigenvalue weighted by atomic mass is 9.95. The van der Waals surface area contributed by atoms with Gasteiger partial charge in [0, 0.05) is 49.1 Å². The van der Waals surface area contributed by atoms with E-state index in [2.05, 4.69) is 25.8 Å². The Morgan fingerprint density at radius 2 is 1.63 bits per heavy atom. The highest BCUT2D eigenvalue weighted by molar-refractivity contribution is 5.95. The Morgan fingerprint density at radius 1 is 0.968 bits per heavy atom. The summed E-state index contributed by atoms with van der Waals surface area (Å²) >= 11 is 0. The number of rotatable bonds is 12. The fraction of sp³-hybridized carbons (Fsp3) is 0.357. The van der Waals surface area contributed by atoms with Crippen LogP contribution in [0, 0.1) is 5.92 Å². The summed E-state index contributed by atoms with van der Waals surface area (Å²) in [5.41, 5.74) is 0.573. The Hall–Kier alpha value is -6.77. The number of piperidine rings is 1. The van der Waals surface area contributed by atoms with Crippen molar-refractivity contribution in [3.63, 3.8) is 0 Å². The zero-order valence-electron chi connectivity index (χ0n) is 33.7. The third-order valence-corrected chi connectivity index (χ3v) is 10.7. The van der Waals surface area contributed by atoms with E-state index in [0.717, 1.165) is 12.3 Å². The summed E-state index contributed by atoms with van der Waals surface area (Å²) in [6, 6.07) is 17.2. The molecule has 20 heteroatoms. The van der Waals surface area contributed by atoms with Crippen molar-refractivity contribution in [3.05, 3.63) is 100 Å². The lowest BCUT2D eigenvalue weighted by molar-refractivity contribution is -0.141. The molecule has 2 aromatic heterocycles. The SMILES string of the molecule is CCNC(=O)c1nnc(-c2cc(C(C)C)c(O)cc2O)n1-c1ccc(Oc2ccc(C(=O)N3CCC(C(=O)Nc4ccn([C@@H]5O[C@H](CO)[C@@H](O)C5(F)F)c(=O)n4)CC3)cc2)cc1. The van der Waals surface area contributed by atoms with Gasteiger partial charge in [0.2, 0.25) is 18.0 Å². The van der Waals surface area contributed by atoms with E-state index in [1.807, 2.05) is 13.8 Å². The fourth-order valence-corrected chi connectivity index (χ4v) is 7.33. The first kappa shape index (κ1) is 43.3. The first-order valence-electron chi connectivity index (χ1n) is 19.8. The Bertz CT molecular complexity index is 2520. The van der Waals surface area contributed by atoms with Crippen LogP contribution in [0.5, 0.6) is 23.0 Å². The number of benzene rings is 3. The predicted octanol–water partition coefficient (Wildman–Crippen LogP) is 3.94. The standard InChI is InChI=1S/C42H44F2N8O10/c1-4-45-38(58)36-49-48-35(29-19-28(22(2)3)30(54)20-31(29)55)52(36)25-7-11-27(12-8-25)61-26-9-5-24(6-10-26)39(59)50-16-13-23(14-17-50)37(57)46-33-15-18-51(41(60)47-33)40-42(43,44)34(56)32(21-53)62-40/h5-12,15,18-20,22-23,32,34,40,53-56H,4,13-14,16-17,21H2,1-3H3,(H,45,58)(H,46,47,57,60)/t32-,34-,40-/m1/s1. The first-order chi connectivity index (χ1) is 29.6. The van der Waals surface area contributed by atoms with Gasteiger partial charge in [0.05, 0.1) is 12.2 Å². The zero-order valence-corrected chi connectivity index (χ0v) is 33.7. The minimum absolute atomic E-state index is 0.0190. The van der Waals surface area contributed by atoms with E-state index >= 15 is 0 Å². The molecule has 3 amide bonds. The second-order valence-electron chi connectivity index (χ2n) is 15.1. The highest BCUT2D eigenvalue weighted by atomic mass is 19.3. The van der Waals surface area contributed by atoms with Gasteiger partial charge in [0.25, 0.3) is 11.8 Å². The Balaban J connectivity index is 0.962. The number of hydrogen-bond acceptors (Lipinski definition) is 13. The van der Waals surface area contributed by atoms with Crippen molar-refractivity contribution in [3.8, 4) is 40.1 Å². The molecule has 7 rings (SSSR count). The van der Waals surface area contributed by atoms with E-state index in [1.165, 1.54) is 10.6 Å². The van der Waals surface area contributed by atoms with Crippen LogP contribution in [0.1, 0.15) is 72.3 Å². The minimum Gasteiger partial charge on any atom is -0.508 e. The molecule has 0 bridgehead atoms. The maximum atomic E-state index is 14.5. The van der Waals surface area contributed by atoms with Crippen LogP contribution in [-0.4, -0.2) is 112 Å². The van der Waals surface area contributed by atoms with Crippen molar-refractivity contribution < 1.29 is 53.1 Å². The van der Waals surface area contributed by atoms with Crippen molar-refractivity contribution >= 4 is 23.5 Å². The molecule has 0 unspecified atom stereocenters. The summed E-state index contributed by atoms with van der Waals surface area (Å²) in [5.74, 6) is -5.12. The second kappa shape index (κ2) is 17.7. The highest BCUT2D eigenvalue weighted by Crippen LogP contribution is 2.42. The average molecular weight is 859 g/mol. The van der Waals surface area contributed by atoms with E-state index in [4.69, 9.17) is 9.47 Å². The molecule has 6 N–H and O–H groups in total. The normalized spacial score (nSPS) is 18.8. The summed E-state index contributed by atoms with van der Waals surface area (Å²) in [6.45, 7) is 5.54. The minimum atomic E-state index is -3.88. The van der Waals surface area contributed by atoms with Gasteiger partial charge in [-0.25, -0.2) is 4.79 Å². The molecular formula is C42H44F2N8O10. The topological polar surface area (TPSA) is 243 Å². The molecule has 0 saturated carbocycles. The number of aromatic hydroxyl groups is 2. The molecule has 4 heterocycles. The molecule has 2 fully saturated rings. The van der Waals surface area contributed by atoms with Gasteiger partial charge < -0.3 is 45.4 Å². The largest absolute Gasteiger partial charge is 0.508 e. The molecule has 18 nitrogen and oxygen atoms in total. The number of likely N-dealkylation sites (tertiary alicyclic amines) is 1. The van der Waals surface area contributed by atoms with Crippen LogP contribution in [0.25, 0.3) is 17.1 Å². The van der Waals surface area contributed by atoms with E-state index < -0.39 is 54.4 Å². The maximum absolute atomic E-state index is 14.5. The number of phenolic OH excluding ortho intramolecular Hbond substituents is 2. The molecule has 2 saturated heterocycles. The van der Waals surface area contributed by atoms with Crippen molar-refractivity contribution in [1.82, 2.24) is 34.5 Å². The first-order valence-corrected chi connectivity index (χ1v) is 19.8. The molecule has 5 aromatic rings. The van der Waals surface area contributed by atoms with Crippen LogP contribution in [0.4, 0.5) is 14.6 Å². The zero-order chi connectivity index (χ0) is 44.5. The smallest absolute Gasteiger partial charge is 0.351 e. The lowest BCUT2D eigenvalue weighted by Gasteiger charge is -2.31. The number of nitrogens with zero attached hydrogens (tertiary/aromatic N) is 6. The van der Waals surface area contributed by atoms with Crippen LogP contribution in [0.15, 0.2) is 77.7 Å². The van der Waals surface area contributed by atoms with Gasteiger partial charge in [-0.2, -0.15) is 13.8 Å². The molecule has 0 spiro atoms. The lowest BCUT2D eigenvalue weighted by Crippen LogP contribution is -2.42. The average Bonchev–Trinajstić information content (AvgIpc) is 3.79. The van der Waals surface area contributed by atoms with Gasteiger partial charge in [-0.3, -0.25) is 23.5 Å². The third-order valence-electron chi connectivity index (χ3n) is 10.7. The van der Waals surface area contributed by atoms with Crippen LogP contribution in [0.3, 0.4) is 0 Å². The van der Waals surface area contributed by atoms with Gasteiger partial charge in [-0.05, 0) is 91.9 Å². The molecule has 3 aromatic carbocycles. The summed E-state index contributed by atoms with van der Waals surface area (Å²) < 4.78 is 42.1. The van der Waals surface area contributed by atoms with Gasteiger partial charge >= 0.3 is 11.6 Å². The van der Waals surface area contributed by atoms with Crippen LogP contribution in [-0.2, 0) is 9.53 Å². The number of phenols is 2. The number of aliphatic hydroxyl groups is 2. The van der Waals surface area contributed by atoms with Gasteiger partial charge in [-0.1, -0.05) is 13.8 Å². The number of ether oxygens (including phenoxy) is 2. The fourth-order valence-electron chi connectivity index (χ4n) is 7.33. The number of carbonyl (C=O) groups is 3. The monoisotopic (exact) mass is 858 g/mol. The number of halogens is 2. The quantitative estimate of drug-likeness (QED) is 0.104. The molecule has 62 heavy (non-hydrogen) atoms. The Morgan fingerprint density at radius 3 is 2.23 bits per heavy atom. The number of anilines is 1. The number of aliphatic hydroxyl groups excluding tert-OH is 2. The van der Waals surface area contributed by atoms with Crippen molar-refractivity contribution in [2.45, 2.75) is 63.9 Å². The van der Waals surface area contributed by atoms with E-state index in [1.54, 1.807) is 66.4 Å². The number of amides is 3. The summed E-state index contributed by atoms with van der Waals surface area (Å²) in [4.78, 5) is 57.3. The van der Waals surface area contributed by atoms with Gasteiger partial charge in [-0.15, -0.1) is 10.2 Å². The summed E-state index contributed by atoms with van der Waals surface area (Å²) in [6.07, 6.45) is -4.54. The Kier molecular flexibility index (Phi) is 12.4. The molecular weight excluding hydrogens is 815 g/mol. The molecule has 0 radical (unpaired) electrons. The number of carbonyl (C=O) groups excluding carboxylic acids is 3. The molecule has 0 aliphatic carbocycles. The van der Waals surface area contributed by atoms with Crippen LogP contribution in [0.2, 0.25) is 0 Å². The van der Waals surface area contributed by atoms with Crippen LogP contribution >= 0.6 is 0 Å². The molecule has 2 aliphatic rings. The van der Waals surface area contributed by atoms with E-state index in [-0.39, 0.29) is 59.4 Å². The molecule has 3 atom stereocenters. The number of aromatic nitrogens is 5. The van der Waals surface area contributed by atoms with Gasteiger partial charge in [0.1, 0.15) is 34.9 Å². The van der Waals surface area contributed by atoms with E-state index in [9.17, 15) is 48.4 Å². The molecule has 2 aliphatic heterocycles. The third kappa shape index (κ3) is 8.56. The van der Waals surface area contributed by atoms with E-state index in [0.29, 0.717) is 52.3 Å². The van der Waals surface area contributed by atoms with Crippen molar-refractivity contribution in [1.29, 1.82) is 0 Å². The summed E-state index contributed by atoms with van der Waals surface area (Å²) in [7, 11) is 0. The predicted molar refractivity (Wildman–Crippen MR) is 216 cm³/mol. The second-order valence-corrected chi connectivity index (χ2v) is 15.1. The Labute approximate surface area is 352 Å². The number of nitrogens with one attached hydrogen (secondary N) is 2.